The molecule has 0 aromatic heterocycles. The molecule has 20 heavy (non-hydrogen) atoms. The molecule has 0 aliphatic rings. The quantitative estimate of drug-likeness (QED) is 0.792. The Labute approximate surface area is 115 Å². The summed E-state index contributed by atoms with van der Waals surface area (Å²) in [5.74, 6) is -0.558. The molecule has 0 fully saturated rings. The number of halogens is 3. The molecule has 1 amide bonds. The molecule has 0 spiro atoms. The monoisotopic (exact) mass is 290 g/mol. The molecule has 0 aliphatic carbocycles. The Hall–Kier alpha value is -1.76. The Kier molecular flexibility index (Phi) is 5.82. The molecular formula is C13H17F3N2O2. The van der Waals surface area contributed by atoms with E-state index in [-0.39, 0.29) is 17.8 Å². The van der Waals surface area contributed by atoms with Gasteiger partial charge in [-0.15, -0.1) is 0 Å². The first kappa shape index (κ1) is 16.3. The molecule has 0 radical (unpaired) electrons. The van der Waals surface area contributed by atoms with E-state index in [4.69, 9.17) is 4.74 Å². The Morgan fingerprint density at radius 3 is 2.60 bits per heavy atom. The van der Waals surface area contributed by atoms with Crippen molar-refractivity contribution in [2.75, 3.05) is 32.1 Å². The second kappa shape index (κ2) is 7.14. The van der Waals surface area contributed by atoms with E-state index in [1.165, 1.54) is 19.2 Å². The van der Waals surface area contributed by atoms with Gasteiger partial charge in [-0.05, 0) is 25.1 Å². The van der Waals surface area contributed by atoms with E-state index in [2.05, 4.69) is 10.6 Å². The van der Waals surface area contributed by atoms with Crippen LogP contribution >= 0.6 is 0 Å². The Balaban J connectivity index is 2.83. The molecule has 112 valence electrons. The van der Waals surface area contributed by atoms with Crippen molar-refractivity contribution in [2.45, 2.75) is 13.1 Å². The molecule has 0 saturated carbocycles. The number of carbonyl (C=O) groups is 1. The third kappa shape index (κ3) is 4.41. The minimum Gasteiger partial charge on any atom is -0.388 e. The van der Waals surface area contributed by atoms with Gasteiger partial charge in [0.15, 0.2) is 0 Å². The summed E-state index contributed by atoms with van der Waals surface area (Å²) in [5.41, 5.74) is -0.964. The lowest BCUT2D eigenvalue weighted by Gasteiger charge is -2.14. The van der Waals surface area contributed by atoms with Gasteiger partial charge in [-0.2, -0.15) is 13.2 Å². The fourth-order valence-electron chi connectivity index (χ4n) is 1.62. The highest BCUT2D eigenvalue weighted by atomic mass is 19.4. The summed E-state index contributed by atoms with van der Waals surface area (Å²) >= 11 is 0. The predicted molar refractivity (Wildman–Crippen MR) is 69.8 cm³/mol. The summed E-state index contributed by atoms with van der Waals surface area (Å²) in [6.45, 7) is 2.91. The van der Waals surface area contributed by atoms with Crippen LogP contribution in [0.2, 0.25) is 0 Å². The lowest BCUT2D eigenvalue weighted by Crippen LogP contribution is -2.27. The zero-order chi connectivity index (χ0) is 15.2. The molecule has 7 heteroatoms. The second-order valence-corrected chi connectivity index (χ2v) is 3.96. The Morgan fingerprint density at radius 2 is 2.05 bits per heavy atom. The van der Waals surface area contributed by atoms with Crippen molar-refractivity contribution in [1.82, 2.24) is 5.32 Å². The number of hydrogen-bond acceptors (Lipinski definition) is 3. The highest BCUT2D eigenvalue weighted by Gasteiger charge is 2.34. The van der Waals surface area contributed by atoms with Crippen LogP contribution in [-0.2, 0) is 10.9 Å². The van der Waals surface area contributed by atoms with Crippen LogP contribution in [0.15, 0.2) is 18.2 Å². The summed E-state index contributed by atoms with van der Waals surface area (Å²) in [6, 6.07) is 3.42. The van der Waals surface area contributed by atoms with Gasteiger partial charge in [-0.25, -0.2) is 0 Å². The predicted octanol–water partition coefficient (Wildman–Crippen LogP) is 2.51. The minimum atomic E-state index is -4.51. The van der Waals surface area contributed by atoms with Crippen molar-refractivity contribution >= 4 is 11.6 Å². The van der Waals surface area contributed by atoms with Gasteiger partial charge in [0.05, 0.1) is 12.2 Å². The largest absolute Gasteiger partial charge is 0.418 e. The fourth-order valence-corrected chi connectivity index (χ4v) is 1.62. The second-order valence-electron chi connectivity index (χ2n) is 3.96. The van der Waals surface area contributed by atoms with Crippen LogP contribution in [0.1, 0.15) is 22.8 Å². The van der Waals surface area contributed by atoms with E-state index in [9.17, 15) is 18.0 Å². The summed E-state index contributed by atoms with van der Waals surface area (Å²) in [4.78, 5) is 11.7. The average Bonchev–Trinajstić information content (AvgIpc) is 2.41. The number of anilines is 1. The van der Waals surface area contributed by atoms with Gasteiger partial charge < -0.3 is 15.4 Å². The highest BCUT2D eigenvalue weighted by molar-refractivity contribution is 5.95. The first-order chi connectivity index (χ1) is 9.40. The van der Waals surface area contributed by atoms with Crippen LogP contribution < -0.4 is 10.6 Å². The van der Waals surface area contributed by atoms with Crippen molar-refractivity contribution in [3.8, 4) is 0 Å². The SMILES string of the molecule is CCOCCNC(=O)c1ccc(NC)c(C(F)(F)F)c1. The van der Waals surface area contributed by atoms with Gasteiger partial charge in [-0.3, -0.25) is 4.79 Å². The van der Waals surface area contributed by atoms with Gasteiger partial charge in [0.25, 0.3) is 5.91 Å². The number of ether oxygens (including phenoxy) is 1. The number of nitrogens with one attached hydrogen (secondary N) is 2. The molecule has 0 bridgehead atoms. The van der Waals surface area contributed by atoms with Crippen molar-refractivity contribution in [3.05, 3.63) is 29.3 Å². The van der Waals surface area contributed by atoms with Gasteiger partial charge in [0, 0.05) is 31.5 Å². The number of alkyl halides is 3. The van der Waals surface area contributed by atoms with Crippen molar-refractivity contribution in [3.63, 3.8) is 0 Å². The summed E-state index contributed by atoms with van der Waals surface area (Å²) in [5, 5.41) is 4.95. The van der Waals surface area contributed by atoms with Crippen LogP contribution in [0.5, 0.6) is 0 Å². The Morgan fingerprint density at radius 1 is 1.35 bits per heavy atom. The smallest absolute Gasteiger partial charge is 0.388 e. The molecular weight excluding hydrogens is 273 g/mol. The van der Waals surface area contributed by atoms with Crippen molar-refractivity contribution < 1.29 is 22.7 Å². The first-order valence-corrected chi connectivity index (χ1v) is 6.15. The van der Waals surface area contributed by atoms with Crippen LogP contribution in [-0.4, -0.2) is 32.7 Å². The standard InChI is InChI=1S/C13H17F3N2O2/c1-3-20-7-6-18-12(19)9-4-5-11(17-2)10(8-9)13(14,15)16/h4-5,8,17H,3,6-7H2,1-2H3,(H,18,19). The van der Waals surface area contributed by atoms with E-state index >= 15 is 0 Å². The number of rotatable bonds is 6. The van der Waals surface area contributed by atoms with Crippen LogP contribution in [0.4, 0.5) is 18.9 Å². The van der Waals surface area contributed by atoms with Crippen molar-refractivity contribution in [1.29, 1.82) is 0 Å². The van der Waals surface area contributed by atoms with E-state index in [1.54, 1.807) is 0 Å². The molecule has 0 heterocycles. The molecule has 0 saturated heterocycles. The molecule has 1 rings (SSSR count). The highest BCUT2D eigenvalue weighted by Crippen LogP contribution is 2.35. The van der Waals surface area contributed by atoms with Crippen molar-refractivity contribution in [2.24, 2.45) is 0 Å². The van der Waals surface area contributed by atoms with Gasteiger partial charge in [-0.1, -0.05) is 0 Å². The first-order valence-electron chi connectivity index (χ1n) is 6.15. The summed E-state index contributed by atoms with van der Waals surface area (Å²) in [6.07, 6.45) is -4.51. The van der Waals surface area contributed by atoms with Gasteiger partial charge in [0.2, 0.25) is 0 Å². The Bertz CT molecular complexity index is 461. The third-order valence-electron chi connectivity index (χ3n) is 2.59. The lowest BCUT2D eigenvalue weighted by molar-refractivity contribution is -0.136. The fraction of sp³-hybridized carbons (Fsp3) is 0.462. The van der Waals surface area contributed by atoms with Gasteiger partial charge in [0.1, 0.15) is 0 Å². The molecule has 0 unspecified atom stereocenters. The average molecular weight is 290 g/mol. The third-order valence-corrected chi connectivity index (χ3v) is 2.59. The molecule has 2 N–H and O–H groups in total. The van der Waals surface area contributed by atoms with E-state index in [0.717, 1.165) is 6.07 Å². The lowest BCUT2D eigenvalue weighted by atomic mass is 10.1. The molecule has 0 atom stereocenters. The molecule has 0 aliphatic heterocycles. The number of carbonyl (C=O) groups excluding carboxylic acids is 1. The summed E-state index contributed by atoms with van der Waals surface area (Å²) < 4.78 is 43.5. The molecule has 1 aromatic carbocycles. The minimum absolute atomic E-state index is 0.0344. The topological polar surface area (TPSA) is 50.4 Å². The van der Waals surface area contributed by atoms with E-state index < -0.39 is 17.6 Å². The van der Waals surface area contributed by atoms with Crippen LogP contribution in [0, 0.1) is 0 Å². The van der Waals surface area contributed by atoms with Crippen LogP contribution in [0.25, 0.3) is 0 Å². The maximum atomic E-state index is 12.8. The normalized spacial score (nSPS) is 11.2. The molecule has 4 nitrogen and oxygen atoms in total. The van der Waals surface area contributed by atoms with Gasteiger partial charge >= 0.3 is 6.18 Å². The number of amides is 1. The number of hydrogen-bond donors (Lipinski definition) is 2. The maximum absolute atomic E-state index is 12.8. The van der Waals surface area contributed by atoms with E-state index in [0.29, 0.717) is 13.2 Å². The maximum Gasteiger partial charge on any atom is 0.418 e. The van der Waals surface area contributed by atoms with Crippen LogP contribution in [0.3, 0.4) is 0 Å². The number of benzene rings is 1. The summed E-state index contributed by atoms with van der Waals surface area (Å²) in [7, 11) is 1.40. The zero-order valence-electron chi connectivity index (χ0n) is 11.3. The molecule has 1 aromatic rings. The van der Waals surface area contributed by atoms with E-state index in [1.807, 2.05) is 6.92 Å². The zero-order valence-corrected chi connectivity index (χ0v) is 11.3.